The number of carbonyl (C=O) groups excluding carboxylic acids is 2. The number of phenols is 1. The summed E-state index contributed by atoms with van der Waals surface area (Å²) >= 11 is 0. The van der Waals surface area contributed by atoms with Gasteiger partial charge in [-0.05, 0) is 18.1 Å². The van der Waals surface area contributed by atoms with Crippen molar-refractivity contribution in [1.29, 1.82) is 0 Å². The topological polar surface area (TPSA) is 72.8 Å². The summed E-state index contributed by atoms with van der Waals surface area (Å²) in [4.78, 5) is 22.5. The molecule has 98 valence electrons. The largest absolute Gasteiger partial charge is 0.504 e. The third-order valence-corrected chi connectivity index (χ3v) is 2.24. The van der Waals surface area contributed by atoms with Crippen LogP contribution in [0, 0.1) is 5.92 Å². The molecule has 0 saturated carbocycles. The van der Waals surface area contributed by atoms with Crippen molar-refractivity contribution in [1.82, 2.24) is 0 Å². The van der Waals surface area contributed by atoms with E-state index in [0.717, 1.165) is 0 Å². The van der Waals surface area contributed by atoms with Gasteiger partial charge in [0.25, 0.3) is 0 Å². The Kier molecular flexibility index (Phi) is 4.71. The highest BCUT2D eigenvalue weighted by atomic mass is 16.6. The third kappa shape index (κ3) is 3.23. The number of methoxy groups -OCH3 is 1. The predicted molar refractivity (Wildman–Crippen MR) is 65.1 cm³/mol. The van der Waals surface area contributed by atoms with Gasteiger partial charge in [0, 0.05) is 6.42 Å². The average molecular weight is 252 g/mol. The van der Waals surface area contributed by atoms with Gasteiger partial charge >= 0.3 is 5.97 Å². The van der Waals surface area contributed by atoms with Gasteiger partial charge in [-0.15, -0.1) is 0 Å². The first-order chi connectivity index (χ1) is 8.49. The summed E-state index contributed by atoms with van der Waals surface area (Å²) in [5.74, 6) is -0.581. The Morgan fingerprint density at radius 1 is 1.39 bits per heavy atom. The first kappa shape index (κ1) is 14.0. The molecule has 0 aliphatic heterocycles. The molecule has 1 aromatic carbocycles. The van der Waals surface area contributed by atoms with E-state index in [-0.39, 0.29) is 35.2 Å². The Morgan fingerprint density at radius 3 is 2.56 bits per heavy atom. The normalized spacial score (nSPS) is 10.2. The lowest BCUT2D eigenvalue weighted by atomic mass is 10.1. The molecule has 1 rings (SSSR count). The first-order valence-electron chi connectivity index (χ1n) is 5.55. The van der Waals surface area contributed by atoms with E-state index in [1.807, 2.05) is 13.8 Å². The van der Waals surface area contributed by atoms with Crippen LogP contribution in [0.15, 0.2) is 12.1 Å². The van der Waals surface area contributed by atoms with Gasteiger partial charge < -0.3 is 14.6 Å². The van der Waals surface area contributed by atoms with Crippen molar-refractivity contribution >= 4 is 12.3 Å². The standard InChI is InChI=1S/C13H16O5/c1-8(2)6-11(16)18-12-9(7-14)4-5-10(15)13(12)17-3/h4-5,7-8,15H,6H2,1-3H3. The number of rotatable bonds is 5. The molecule has 0 amide bonds. The fourth-order valence-electron chi connectivity index (χ4n) is 1.45. The Balaban J connectivity index is 3.08. The predicted octanol–water partition coefficient (Wildman–Crippen LogP) is 2.16. The molecule has 0 saturated heterocycles. The lowest BCUT2D eigenvalue weighted by Gasteiger charge is -2.13. The number of aldehydes is 1. The van der Waals surface area contributed by atoms with E-state index in [1.165, 1.54) is 19.2 Å². The number of esters is 1. The molecule has 0 unspecified atom stereocenters. The maximum Gasteiger partial charge on any atom is 0.311 e. The molecule has 0 spiro atoms. The number of hydrogen-bond acceptors (Lipinski definition) is 5. The van der Waals surface area contributed by atoms with Crippen molar-refractivity contribution in [3.8, 4) is 17.2 Å². The van der Waals surface area contributed by atoms with Crippen LogP contribution in [-0.2, 0) is 4.79 Å². The summed E-state index contributed by atoms with van der Waals surface area (Å²) in [6.07, 6.45) is 0.761. The summed E-state index contributed by atoms with van der Waals surface area (Å²) in [7, 11) is 1.32. The molecule has 0 aliphatic rings. The van der Waals surface area contributed by atoms with Gasteiger partial charge in [-0.2, -0.15) is 0 Å². The second-order valence-electron chi connectivity index (χ2n) is 4.23. The summed E-state index contributed by atoms with van der Waals surface area (Å²) in [6, 6.07) is 2.67. The fourth-order valence-corrected chi connectivity index (χ4v) is 1.45. The summed E-state index contributed by atoms with van der Waals surface area (Å²) < 4.78 is 10.0. The van der Waals surface area contributed by atoms with Crippen molar-refractivity contribution in [2.24, 2.45) is 5.92 Å². The van der Waals surface area contributed by atoms with Crippen LogP contribution in [0.2, 0.25) is 0 Å². The Morgan fingerprint density at radius 2 is 2.06 bits per heavy atom. The van der Waals surface area contributed by atoms with E-state index < -0.39 is 5.97 Å². The number of aromatic hydroxyl groups is 1. The Labute approximate surface area is 105 Å². The minimum absolute atomic E-state index is 0.0169. The van der Waals surface area contributed by atoms with Crippen molar-refractivity contribution in [3.63, 3.8) is 0 Å². The van der Waals surface area contributed by atoms with Crippen molar-refractivity contribution in [3.05, 3.63) is 17.7 Å². The molecule has 0 aromatic heterocycles. The number of ether oxygens (including phenoxy) is 2. The van der Waals surface area contributed by atoms with Crippen molar-refractivity contribution in [2.45, 2.75) is 20.3 Å². The second kappa shape index (κ2) is 6.05. The summed E-state index contributed by atoms with van der Waals surface area (Å²) in [5.41, 5.74) is 0.154. The van der Waals surface area contributed by atoms with Crippen LogP contribution >= 0.6 is 0 Å². The van der Waals surface area contributed by atoms with Crippen LogP contribution in [0.1, 0.15) is 30.6 Å². The van der Waals surface area contributed by atoms with Gasteiger partial charge in [0.15, 0.2) is 17.8 Å². The molecular formula is C13H16O5. The minimum atomic E-state index is -0.475. The number of hydrogen-bond donors (Lipinski definition) is 1. The quantitative estimate of drug-likeness (QED) is 0.494. The van der Waals surface area contributed by atoms with E-state index in [4.69, 9.17) is 9.47 Å². The van der Waals surface area contributed by atoms with E-state index in [0.29, 0.717) is 6.29 Å². The van der Waals surface area contributed by atoms with Crippen molar-refractivity contribution in [2.75, 3.05) is 7.11 Å². The van der Waals surface area contributed by atoms with Gasteiger partial charge in [0.1, 0.15) is 0 Å². The van der Waals surface area contributed by atoms with Gasteiger partial charge in [0.2, 0.25) is 5.75 Å². The van der Waals surface area contributed by atoms with Gasteiger partial charge in [-0.3, -0.25) is 9.59 Å². The van der Waals surface area contributed by atoms with E-state index >= 15 is 0 Å². The molecule has 1 aromatic rings. The summed E-state index contributed by atoms with van der Waals surface area (Å²) in [6.45, 7) is 3.75. The van der Waals surface area contributed by atoms with E-state index in [1.54, 1.807) is 0 Å². The van der Waals surface area contributed by atoms with Crippen LogP contribution in [0.3, 0.4) is 0 Å². The Hall–Kier alpha value is -2.04. The highest BCUT2D eigenvalue weighted by Gasteiger charge is 2.18. The first-order valence-corrected chi connectivity index (χ1v) is 5.55. The molecule has 5 nitrogen and oxygen atoms in total. The number of phenolic OH excluding ortho intramolecular Hbond substituents is 1. The lowest BCUT2D eigenvalue weighted by molar-refractivity contribution is -0.135. The molecule has 0 radical (unpaired) electrons. The summed E-state index contributed by atoms with van der Waals surface area (Å²) in [5, 5.41) is 9.57. The van der Waals surface area contributed by atoms with Crippen LogP contribution in [0.4, 0.5) is 0 Å². The molecule has 0 fully saturated rings. The number of benzene rings is 1. The highest BCUT2D eigenvalue weighted by Crippen LogP contribution is 2.38. The SMILES string of the molecule is COc1c(O)ccc(C=O)c1OC(=O)CC(C)C. The van der Waals surface area contributed by atoms with Crippen LogP contribution in [0.25, 0.3) is 0 Å². The Bertz CT molecular complexity index is 451. The minimum Gasteiger partial charge on any atom is -0.504 e. The van der Waals surface area contributed by atoms with Crippen LogP contribution in [-0.4, -0.2) is 24.5 Å². The molecular weight excluding hydrogens is 236 g/mol. The molecule has 0 bridgehead atoms. The van der Waals surface area contributed by atoms with Crippen LogP contribution in [0.5, 0.6) is 17.2 Å². The maximum absolute atomic E-state index is 11.6. The maximum atomic E-state index is 11.6. The van der Waals surface area contributed by atoms with E-state index in [9.17, 15) is 14.7 Å². The highest BCUT2D eigenvalue weighted by molar-refractivity contribution is 5.85. The van der Waals surface area contributed by atoms with Gasteiger partial charge in [-0.25, -0.2) is 0 Å². The monoisotopic (exact) mass is 252 g/mol. The smallest absolute Gasteiger partial charge is 0.311 e. The molecule has 0 aliphatic carbocycles. The molecule has 0 heterocycles. The van der Waals surface area contributed by atoms with Gasteiger partial charge in [0.05, 0.1) is 12.7 Å². The lowest BCUT2D eigenvalue weighted by Crippen LogP contribution is -2.12. The van der Waals surface area contributed by atoms with Crippen molar-refractivity contribution < 1.29 is 24.2 Å². The molecule has 1 N–H and O–H groups in total. The zero-order valence-electron chi connectivity index (χ0n) is 10.6. The van der Waals surface area contributed by atoms with E-state index in [2.05, 4.69) is 0 Å². The molecule has 5 heteroatoms. The molecule has 18 heavy (non-hydrogen) atoms. The average Bonchev–Trinajstić information content (AvgIpc) is 2.28. The second-order valence-corrected chi connectivity index (χ2v) is 4.23. The zero-order chi connectivity index (χ0) is 13.7. The molecule has 0 atom stereocenters. The third-order valence-electron chi connectivity index (χ3n) is 2.24. The number of carbonyl (C=O) groups is 2. The zero-order valence-corrected chi connectivity index (χ0v) is 10.6. The fraction of sp³-hybridized carbons (Fsp3) is 0.385. The van der Waals surface area contributed by atoms with Gasteiger partial charge in [-0.1, -0.05) is 13.8 Å². The van der Waals surface area contributed by atoms with Crippen LogP contribution < -0.4 is 9.47 Å².